The number of nitriles is 1. The first kappa shape index (κ1) is 13.1. The van der Waals surface area contributed by atoms with Crippen LogP contribution in [0.2, 0.25) is 0 Å². The van der Waals surface area contributed by atoms with Crippen molar-refractivity contribution in [1.29, 1.82) is 5.26 Å². The highest BCUT2D eigenvalue weighted by Crippen LogP contribution is 2.25. The number of rotatable bonds is 2. The molecule has 1 amide bonds. The highest BCUT2D eigenvalue weighted by molar-refractivity contribution is 9.10. The molecule has 0 aliphatic carbocycles. The highest BCUT2D eigenvalue weighted by atomic mass is 79.9. The Kier molecular flexibility index (Phi) is 4.00. The third-order valence-electron chi connectivity index (χ3n) is 2.90. The average molecular weight is 309 g/mol. The number of hydrogen-bond acceptors (Lipinski definition) is 3. The van der Waals surface area contributed by atoms with E-state index in [2.05, 4.69) is 22.0 Å². The lowest BCUT2D eigenvalue weighted by Gasteiger charge is -2.32. The number of halogens is 1. The Morgan fingerprint density at radius 3 is 3.06 bits per heavy atom. The molecule has 5 heteroatoms. The minimum atomic E-state index is -0.198. The van der Waals surface area contributed by atoms with Crippen LogP contribution in [0.25, 0.3) is 0 Å². The molecule has 0 saturated carbocycles. The molecule has 2 rings (SSSR count). The predicted octanol–water partition coefficient (Wildman–Crippen LogP) is 2.40. The summed E-state index contributed by atoms with van der Waals surface area (Å²) in [4.78, 5) is 13.5. The van der Waals surface area contributed by atoms with Gasteiger partial charge in [-0.3, -0.25) is 4.79 Å². The van der Waals surface area contributed by atoms with Crippen LogP contribution in [0.4, 0.5) is 5.69 Å². The smallest absolute Gasteiger partial charge is 0.253 e. The molecule has 0 radical (unpaired) electrons. The average Bonchev–Trinajstić information content (AvgIpc) is 2.35. The van der Waals surface area contributed by atoms with Crippen LogP contribution in [0.1, 0.15) is 12.0 Å². The number of morpholine rings is 1. The number of hydrogen-bond donors (Lipinski definition) is 0. The van der Waals surface area contributed by atoms with Crippen LogP contribution in [0.5, 0.6) is 0 Å². The Labute approximate surface area is 114 Å². The van der Waals surface area contributed by atoms with Crippen molar-refractivity contribution >= 4 is 27.5 Å². The van der Waals surface area contributed by atoms with Crippen LogP contribution in [0.15, 0.2) is 22.7 Å². The molecule has 0 bridgehead atoms. The van der Waals surface area contributed by atoms with Crippen molar-refractivity contribution in [3.05, 3.63) is 28.2 Å². The summed E-state index contributed by atoms with van der Waals surface area (Å²) in [6, 6.07) is 7.85. The number of anilines is 1. The van der Waals surface area contributed by atoms with Crippen molar-refractivity contribution in [2.24, 2.45) is 0 Å². The van der Waals surface area contributed by atoms with Crippen molar-refractivity contribution < 1.29 is 9.53 Å². The maximum absolute atomic E-state index is 11.8. The molecule has 94 valence electrons. The van der Waals surface area contributed by atoms with Crippen LogP contribution in [-0.4, -0.2) is 25.2 Å². The third kappa shape index (κ3) is 2.71. The van der Waals surface area contributed by atoms with Gasteiger partial charge in [0.05, 0.1) is 25.1 Å². The van der Waals surface area contributed by atoms with Gasteiger partial charge in [0.25, 0.3) is 5.91 Å². The standard InChI is InChI=1S/C13H13BrN2O2/c1-9-6-10(2-3-12(9)14)16-7-11(4-5-15)18-8-13(16)17/h2-3,6,11H,4,7-8H2,1H3. The second-order valence-corrected chi connectivity index (χ2v) is 5.09. The van der Waals surface area contributed by atoms with Gasteiger partial charge in [-0.05, 0) is 30.7 Å². The first-order chi connectivity index (χ1) is 8.61. The Morgan fingerprint density at radius 1 is 1.61 bits per heavy atom. The molecule has 1 aliphatic heterocycles. The monoisotopic (exact) mass is 308 g/mol. The molecule has 1 aromatic carbocycles. The maximum Gasteiger partial charge on any atom is 0.253 e. The van der Waals surface area contributed by atoms with E-state index in [9.17, 15) is 4.79 Å². The summed E-state index contributed by atoms with van der Waals surface area (Å²) in [5.41, 5.74) is 1.93. The van der Waals surface area contributed by atoms with Gasteiger partial charge in [0.15, 0.2) is 0 Å². The fourth-order valence-corrected chi connectivity index (χ4v) is 2.14. The second kappa shape index (κ2) is 5.51. The number of benzene rings is 1. The molecule has 1 atom stereocenters. The van der Waals surface area contributed by atoms with Gasteiger partial charge in [0.1, 0.15) is 6.61 Å². The largest absolute Gasteiger partial charge is 0.365 e. The Balaban J connectivity index is 2.22. The van der Waals surface area contributed by atoms with Crippen LogP contribution in [0.3, 0.4) is 0 Å². The summed E-state index contributed by atoms with van der Waals surface area (Å²) in [6.07, 6.45) is 0.107. The van der Waals surface area contributed by atoms with Gasteiger partial charge >= 0.3 is 0 Å². The number of nitrogens with zero attached hydrogens (tertiary/aromatic N) is 2. The van der Waals surface area contributed by atoms with Gasteiger partial charge in [-0.2, -0.15) is 5.26 Å². The first-order valence-corrected chi connectivity index (χ1v) is 6.46. The lowest BCUT2D eigenvalue weighted by atomic mass is 10.1. The van der Waals surface area contributed by atoms with E-state index in [-0.39, 0.29) is 18.6 Å². The van der Waals surface area contributed by atoms with Gasteiger partial charge < -0.3 is 9.64 Å². The van der Waals surface area contributed by atoms with Crippen molar-refractivity contribution in [1.82, 2.24) is 0 Å². The van der Waals surface area contributed by atoms with Crippen LogP contribution in [0, 0.1) is 18.3 Å². The summed E-state index contributed by atoms with van der Waals surface area (Å²) in [6.45, 7) is 2.46. The molecule has 1 heterocycles. The molecule has 18 heavy (non-hydrogen) atoms. The lowest BCUT2D eigenvalue weighted by molar-refractivity contribution is -0.129. The van der Waals surface area contributed by atoms with Gasteiger partial charge in [-0.15, -0.1) is 0 Å². The van der Waals surface area contributed by atoms with Gasteiger partial charge in [0.2, 0.25) is 0 Å². The van der Waals surface area contributed by atoms with E-state index in [1.165, 1.54) is 0 Å². The van der Waals surface area contributed by atoms with Gasteiger partial charge in [-0.25, -0.2) is 0 Å². The Hall–Kier alpha value is -1.38. The van der Waals surface area contributed by atoms with Crippen molar-refractivity contribution in [3.8, 4) is 6.07 Å². The number of ether oxygens (including phenoxy) is 1. The Bertz CT molecular complexity index is 510. The number of carbonyl (C=O) groups excluding carboxylic acids is 1. The Morgan fingerprint density at radius 2 is 2.39 bits per heavy atom. The third-order valence-corrected chi connectivity index (χ3v) is 3.79. The maximum atomic E-state index is 11.8. The molecule has 0 N–H and O–H groups in total. The minimum absolute atomic E-state index is 0.0431. The molecule has 4 nitrogen and oxygen atoms in total. The SMILES string of the molecule is Cc1cc(N2CC(CC#N)OCC2=O)ccc1Br. The predicted molar refractivity (Wildman–Crippen MR) is 71.2 cm³/mol. The zero-order valence-electron chi connectivity index (χ0n) is 10.0. The molecule has 0 spiro atoms. The van der Waals surface area contributed by atoms with E-state index in [1.807, 2.05) is 25.1 Å². The van der Waals surface area contributed by atoms with E-state index in [4.69, 9.17) is 10.00 Å². The summed E-state index contributed by atoms with van der Waals surface area (Å²) in [5, 5.41) is 8.68. The number of amides is 1. The van der Waals surface area contributed by atoms with Crippen LogP contribution >= 0.6 is 15.9 Å². The van der Waals surface area contributed by atoms with Crippen molar-refractivity contribution in [2.45, 2.75) is 19.4 Å². The normalized spacial score (nSPS) is 19.7. The van der Waals surface area contributed by atoms with Crippen LogP contribution < -0.4 is 4.90 Å². The molecule has 1 aliphatic rings. The summed E-state index contributed by atoms with van der Waals surface area (Å²) in [5.74, 6) is -0.0640. The summed E-state index contributed by atoms with van der Waals surface area (Å²) < 4.78 is 6.33. The molecule has 1 fully saturated rings. The topological polar surface area (TPSA) is 53.3 Å². The quantitative estimate of drug-likeness (QED) is 0.843. The number of aryl methyl sites for hydroxylation is 1. The van der Waals surface area contributed by atoms with E-state index in [0.717, 1.165) is 15.7 Å². The van der Waals surface area contributed by atoms with E-state index >= 15 is 0 Å². The molecular formula is C13H13BrN2O2. The van der Waals surface area contributed by atoms with E-state index < -0.39 is 0 Å². The highest BCUT2D eigenvalue weighted by Gasteiger charge is 2.27. The lowest BCUT2D eigenvalue weighted by Crippen LogP contribution is -2.46. The van der Waals surface area contributed by atoms with Crippen molar-refractivity contribution in [2.75, 3.05) is 18.1 Å². The number of carbonyl (C=O) groups is 1. The summed E-state index contributed by atoms with van der Waals surface area (Å²) >= 11 is 3.43. The van der Waals surface area contributed by atoms with Crippen LogP contribution in [-0.2, 0) is 9.53 Å². The molecule has 0 aromatic heterocycles. The molecule has 1 aromatic rings. The summed E-state index contributed by atoms with van der Waals surface area (Å²) in [7, 11) is 0. The van der Waals surface area contributed by atoms with E-state index in [1.54, 1.807) is 4.90 Å². The zero-order valence-corrected chi connectivity index (χ0v) is 11.6. The fourth-order valence-electron chi connectivity index (χ4n) is 1.90. The van der Waals surface area contributed by atoms with Gasteiger partial charge in [0, 0.05) is 10.2 Å². The first-order valence-electron chi connectivity index (χ1n) is 5.67. The second-order valence-electron chi connectivity index (χ2n) is 4.23. The molecule has 1 saturated heterocycles. The molecule has 1 unspecified atom stereocenters. The zero-order chi connectivity index (χ0) is 13.1. The fraction of sp³-hybridized carbons (Fsp3) is 0.385. The van der Waals surface area contributed by atoms with Crippen molar-refractivity contribution in [3.63, 3.8) is 0 Å². The minimum Gasteiger partial charge on any atom is -0.365 e. The van der Waals surface area contributed by atoms with E-state index in [0.29, 0.717) is 13.0 Å². The van der Waals surface area contributed by atoms with Gasteiger partial charge in [-0.1, -0.05) is 15.9 Å². The molecular weight excluding hydrogens is 296 g/mol.